The van der Waals surface area contributed by atoms with Crippen LogP contribution in [0.5, 0.6) is 0 Å². The van der Waals surface area contributed by atoms with E-state index in [9.17, 15) is 4.79 Å². The van der Waals surface area contributed by atoms with Crippen molar-refractivity contribution < 1.29 is 4.79 Å². The molecule has 0 bridgehead atoms. The first-order valence-corrected chi connectivity index (χ1v) is 6.09. The maximum Gasteiger partial charge on any atom is 0.239 e. The zero-order valence-electron chi connectivity index (χ0n) is 9.88. The molecule has 1 N–H and O–H groups in total. The van der Waals surface area contributed by atoms with Crippen LogP contribution in [0.15, 0.2) is 0 Å². The van der Waals surface area contributed by atoms with Crippen LogP contribution in [-0.4, -0.2) is 37.0 Å². The van der Waals surface area contributed by atoms with Crippen LogP contribution in [0, 0.1) is 5.41 Å². The van der Waals surface area contributed by atoms with Gasteiger partial charge < -0.3 is 10.2 Å². The standard InChI is InChI=1S/C12H22N2O/c1-12(6-3-4-7-12)9-13-10-5-8-14(2)11(10)15/h10,13H,3-9H2,1-2H3. The minimum atomic E-state index is 0.0902. The lowest BCUT2D eigenvalue weighted by atomic mass is 9.88. The molecule has 1 unspecified atom stereocenters. The lowest BCUT2D eigenvalue weighted by Gasteiger charge is -2.25. The quantitative estimate of drug-likeness (QED) is 0.763. The topological polar surface area (TPSA) is 32.3 Å². The number of nitrogens with zero attached hydrogens (tertiary/aromatic N) is 1. The predicted octanol–water partition coefficient (Wildman–Crippen LogP) is 1.39. The first-order chi connectivity index (χ1) is 7.11. The van der Waals surface area contributed by atoms with E-state index < -0.39 is 0 Å². The van der Waals surface area contributed by atoms with Gasteiger partial charge in [0.2, 0.25) is 5.91 Å². The molecule has 1 aliphatic heterocycles. The second-order valence-corrected chi connectivity index (χ2v) is 5.50. The third kappa shape index (κ3) is 2.33. The number of hydrogen-bond acceptors (Lipinski definition) is 2. The summed E-state index contributed by atoms with van der Waals surface area (Å²) in [5, 5.41) is 3.45. The van der Waals surface area contributed by atoms with Gasteiger partial charge in [-0.2, -0.15) is 0 Å². The zero-order chi connectivity index (χ0) is 10.9. The molecule has 0 radical (unpaired) electrons. The van der Waals surface area contributed by atoms with Crippen LogP contribution in [-0.2, 0) is 4.79 Å². The van der Waals surface area contributed by atoms with Crippen LogP contribution < -0.4 is 5.32 Å². The molecule has 0 spiro atoms. The van der Waals surface area contributed by atoms with E-state index >= 15 is 0 Å². The third-order valence-corrected chi connectivity index (χ3v) is 4.01. The molecule has 0 aromatic rings. The number of carbonyl (C=O) groups excluding carboxylic acids is 1. The molecule has 1 amide bonds. The van der Waals surface area contributed by atoms with Crippen LogP contribution in [0.3, 0.4) is 0 Å². The summed E-state index contributed by atoms with van der Waals surface area (Å²) in [6.45, 7) is 4.26. The highest BCUT2D eigenvalue weighted by molar-refractivity contribution is 5.83. The molecule has 1 saturated carbocycles. The van der Waals surface area contributed by atoms with Gasteiger partial charge in [0.05, 0.1) is 6.04 Å². The fourth-order valence-corrected chi connectivity index (χ4v) is 2.79. The van der Waals surface area contributed by atoms with Crippen LogP contribution in [0.4, 0.5) is 0 Å². The average molecular weight is 210 g/mol. The largest absolute Gasteiger partial charge is 0.344 e. The molecule has 0 aromatic carbocycles. The Bertz CT molecular complexity index is 246. The first kappa shape index (κ1) is 10.9. The van der Waals surface area contributed by atoms with Crippen molar-refractivity contribution in [2.75, 3.05) is 20.1 Å². The number of likely N-dealkylation sites (N-methyl/N-ethyl adjacent to an activating group) is 1. The summed E-state index contributed by atoms with van der Waals surface area (Å²) in [5.41, 5.74) is 0.446. The molecule has 2 aliphatic rings. The van der Waals surface area contributed by atoms with E-state index in [1.807, 2.05) is 11.9 Å². The Balaban J connectivity index is 1.80. The van der Waals surface area contributed by atoms with Crippen molar-refractivity contribution in [3.05, 3.63) is 0 Å². The van der Waals surface area contributed by atoms with Gasteiger partial charge in [-0.25, -0.2) is 0 Å². The minimum absolute atomic E-state index is 0.0902. The summed E-state index contributed by atoms with van der Waals surface area (Å²) in [6.07, 6.45) is 6.33. The number of hydrogen-bond donors (Lipinski definition) is 1. The molecule has 1 heterocycles. The average Bonchev–Trinajstić information content (AvgIpc) is 2.75. The monoisotopic (exact) mass is 210 g/mol. The molecule has 3 heteroatoms. The van der Waals surface area contributed by atoms with Gasteiger partial charge in [0.25, 0.3) is 0 Å². The van der Waals surface area contributed by atoms with Gasteiger partial charge in [0, 0.05) is 20.1 Å². The summed E-state index contributed by atoms with van der Waals surface area (Å²) in [4.78, 5) is 13.5. The lowest BCUT2D eigenvalue weighted by Crippen LogP contribution is -2.41. The molecule has 3 nitrogen and oxygen atoms in total. The van der Waals surface area contributed by atoms with E-state index in [1.54, 1.807) is 0 Å². The number of likely N-dealkylation sites (tertiary alicyclic amines) is 1. The highest BCUT2D eigenvalue weighted by Crippen LogP contribution is 2.36. The van der Waals surface area contributed by atoms with E-state index in [4.69, 9.17) is 0 Å². The molecule has 15 heavy (non-hydrogen) atoms. The van der Waals surface area contributed by atoms with Gasteiger partial charge in [-0.05, 0) is 24.7 Å². The third-order valence-electron chi connectivity index (χ3n) is 4.01. The minimum Gasteiger partial charge on any atom is -0.344 e. The highest BCUT2D eigenvalue weighted by Gasteiger charge is 2.33. The van der Waals surface area contributed by atoms with Crippen molar-refractivity contribution >= 4 is 5.91 Å². The molecular weight excluding hydrogens is 188 g/mol. The fraction of sp³-hybridized carbons (Fsp3) is 0.917. The summed E-state index contributed by atoms with van der Waals surface area (Å²) in [6, 6.07) is 0.0902. The van der Waals surface area contributed by atoms with Crippen molar-refractivity contribution in [1.82, 2.24) is 10.2 Å². The fourth-order valence-electron chi connectivity index (χ4n) is 2.79. The van der Waals surface area contributed by atoms with Gasteiger partial charge in [-0.1, -0.05) is 19.8 Å². The van der Waals surface area contributed by atoms with Gasteiger partial charge in [-0.15, -0.1) is 0 Å². The second-order valence-electron chi connectivity index (χ2n) is 5.50. The molecule has 2 fully saturated rings. The Morgan fingerprint density at radius 3 is 2.67 bits per heavy atom. The molecular formula is C12H22N2O. The first-order valence-electron chi connectivity index (χ1n) is 6.09. The van der Waals surface area contributed by atoms with Crippen molar-refractivity contribution in [3.8, 4) is 0 Å². The van der Waals surface area contributed by atoms with Crippen molar-refractivity contribution in [2.24, 2.45) is 5.41 Å². The maximum atomic E-state index is 11.7. The SMILES string of the molecule is CN1CCC(NCC2(C)CCCC2)C1=O. The Morgan fingerprint density at radius 1 is 1.47 bits per heavy atom. The maximum absolute atomic E-state index is 11.7. The molecule has 1 saturated heterocycles. The second kappa shape index (κ2) is 4.12. The number of carbonyl (C=O) groups is 1. The summed E-state index contributed by atoms with van der Waals surface area (Å²) < 4.78 is 0. The van der Waals surface area contributed by atoms with Crippen LogP contribution in [0.1, 0.15) is 39.0 Å². The van der Waals surface area contributed by atoms with E-state index in [-0.39, 0.29) is 11.9 Å². The Kier molecular flexibility index (Phi) is 3.01. The van der Waals surface area contributed by atoms with E-state index in [1.165, 1.54) is 25.7 Å². The van der Waals surface area contributed by atoms with Gasteiger partial charge in [0.15, 0.2) is 0 Å². The number of nitrogens with one attached hydrogen (secondary N) is 1. The molecule has 86 valence electrons. The van der Waals surface area contributed by atoms with Crippen molar-refractivity contribution in [2.45, 2.75) is 45.1 Å². The van der Waals surface area contributed by atoms with Crippen LogP contribution in [0.25, 0.3) is 0 Å². The Hall–Kier alpha value is -0.570. The van der Waals surface area contributed by atoms with E-state index in [0.717, 1.165) is 19.5 Å². The number of amides is 1. The summed E-state index contributed by atoms with van der Waals surface area (Å²) >= 11 is 0. The molecule has 2 rings (SSSR count). The van der Waals surface area contributed by atoms with E-state index in [0.29, 0.717) is 5.41 Å². The van der Waals surface area contributed by atoms with Gasteiger partial charge in [-0.3, -0.25) is 4.79 Å². The van der Waals surface area contributed by atoms with Crippen LogP contribution in [0.2, 0.25) is 0 Å². The lowest BCUT2D eigenvalue weighted by molar-refractivity contribution is -0.128. The predicted molar refractivity (Wildman–Crippen MR) is 60.6 cm³/mol. The molecule has 1 aliphatic carbocycles. The van der Waals surface area contributed by atoms with Gasteiger partial charge >= 0.3 is 0 Å². The summed E-state index contributed by atoms with van der Waals surface area (Å²) in [5.74, 6) is 0.275. The zero-order valence-corrected chi connectivity index (χ0v) is 9.88. The Morgan fingerprint density at radius 2 is 2.13 bits per heavy atom. The van der Waals surface area contributed by atoms with Crippen LogP contribution >= 0.6 is 0 Å². The molecule has 0 aromatic heterocycles. The normalized spacial score (nSPS) is 30.1. The van der Waals surface area contributed by atoms with Gasteiger partial charge in [0.1, 0.15) is 0 Å². The smallest absolute Gasteiger partial charge is 0.239 e. The van der Waals surface area contributed by atoms with Crippen molar-refractivity contribution in [3.63, 3.8) is 0 Å². The number of rotatable bonds is 3. The van der Waals surface area contributed by atoms with Crippen molar-refractivity contribution in [1.29, 1.82) is 0 Å². The summed E-state index contributed by atoms with van der Waals surface area (Å²) in [7, 11) is 1.89. The highest BCUT2D eigenvalue weighted by atomic mass is 16.2. The van der Waals surface area contributed by atoms with E-state index in [2.05, 4.69) is 12.2 Å². The molecule has 1 atom stereocenters. The Labute approximate surface area is 92.2 Å².